The van der Waals surface area contributed by atoms with Gasteiger partial charge in [-0.3, -0.25) is 9.36 Å². The third-order valence-corrected chi connectivity index (χ3v) is 5.58. The number of hydrogen-bond acceptors (Lipinski definition) is 6. The van der Waals surface area contributed by atoms with Crippen molar-refractivity contribution in [3.63, 3.8) is 0 Å². The van der Waals surface area contributed by atoms with Crippen molar-refractivity contribution in [3.05, 3.63) is 40.6 Å². The molecule has 8 nitrogen and oxygen atoms in total. The Morgan fingerprint density at radius 2 is 1.81 bits per heavy atom. The van der Waals surface area contributed by atoms with Crippen molar-refractivity contribution in [3.8, 4) is 0 Å². The van der Waals surface area contributed by atoms with E-state index in [-0.39, 0.29) is 17.6 Å². The van der Waals surface area contributed by atoms with Crippen LogP contribution in [0.3, 0.4) is 0 Å². The molecule has 0 aromatic carbocycles. The molecule has 134 valence electrons. The van der Waals surface area contributed by atoms with E-state index in [0.29, 0.717) is 5.95 Å². The number of aromatic nitrogens is 6. The average molecular weight is 351 g/mol. The van der Waals surface area contributed by atoms with Crippen LogP contribution in [-0.2, 0) is 0 Å². The van der Waals surface area contributed by atoms with Crippen molar-refractivity contribution in [2.45, 2.75) is 44.7 Å². The molecule has 0 bridgehead atoms. The maximum absolute atomic E-state index is 12.7. The Morgan fingerprint density at radius 1 is 1.08 bits per heavy atom. The molecule has 5 rings (SSSR count). The summed E-state index contributed by atoms with van der Waals surface area (Å²) in [5, 5.41) is 9.36. The molecule has 0 radical (unpaired) electrons. The number of nitrogens with zero attached hydrogens (tertiary/aromatic N) is 7. The Bertz CT molecular complexity index is 998. The molecule has 1 saturated carbocycles. The maximum atomic E-state index is 12.7. The van der Waals surface area contributed by atoms with Crippen LogP contribution in [0.25, 0.3) is 11.0 Å². The molecule has 0 unspecified atom stereocenters. The van der Waals surface area contributed by atoms with Gasteiger partial charge < -0.3 is 4.90 Å². The molecule has 0 spiro atoms. The van der Waals surface area contributed by atoms with Gasteiger partial charge in [0.05, 0.1) is 12.4 Å². The molecule has 0 N–H and O–H groups in total. The van der Waals surface area contributed by atoms with E-state index < -0.39 is 0 Å². The van der Waals surface area contributed by atoms with Crippen LogP contribution in [-0.4, -0.2) is 42.6 Å². The summed E-state index contributed by atoms with van der Waals surface area (Å²) in [4.78, 5) is 25.9. The molecular weight excluding hydrogens is 330 g/mol. The highest BCUT2D eigenvalue weighted by atomic mass is 16.1. The minimum Gasteiger partial charge on any atom is -0.336 e. The first-order valence-electron chi connectivity index (χ1n) is 9.20. The summed E-state index contributed by atoms with van der Waals surface area (Å²) in [7, 11) is 0. The highest BCUT2D eigenvalue weighted by Crippen LogP contribution is 2.32. The predicted octanol–water partition coefficient (Wildman–Crippen LogP) is 1.87. The van der Waals surface area contributed by atoms with Crippen molar-refractivity contribution >= 4 is 17.0 Å². The quantitative estimate of drug-likeness (QED) is 0.716. The van der Waals surface area contributed by atoms with Gasteiger partial charge in [-0.25, -0.2) is 4.98 Å². The lowest BCUT2D eigenvalue weighted by Gasteiger charge is -2.38. The first kappa shape index (κ1) is 15.5. The number of pyridine rings is 1. The van der Waals surface area contributed by atoms with Crippen molar-refractivity contribution in [1.82, 2.24) is 29.5 Å². The molecule has 8 heteroatoms. The summed E-state index contributed by atoms with van der Waals surface area (Å²) < 4.78 is 1.90. The van der Waals surface area contributed by atoms with Crippen molar-refractivity contribution in [2.75, 3.05) is 18.0 Å². The first-order valence-corrected chi connectivity index (χ1v) is 9.20. The maximum Gasteiger partial charge on any atom is 0.252 e. The lowest BCUT2D eigenvalue weighted by Crippen LogP contribution is -2.49. The highest BCUT2D eigenvalue weighted by Gasteiger charge is 2.32. The third kappa shape index (κ3) is 2.40. The number of anilines is 1. The SMILES string of the molecule is Cc1cc(=O)n(C2CCCC2)c2nc(N3CC(n4nccn4)C3)ncc12. The molecule has 3 aromatic rings. The fourth-order valence-corrected chi connectivity index (χ4v) is 4.11. The normalized spacial score (nSPS) is 18.6. The van der Waals surface area contributed by atoms with E-state index in [1.54, 1.807) is 23.3 Å². The first-order chi connectivity index (χ1) is 12.7. The predicted molar refractivity (Wildman–Crippen MR) is 97.3 cm³/mol. The van der Waals surface area contributed by atoms with Crippen LogP contribution >= 0.6 is 0 Å². The van der Waals surface area contributed by atoms with Crippen LogP contribution in [0.4, 0.5) is 5.95 Å². The Kier molecular flexibility index (Phi) is 3.51. The largest absolute Gasteiger partial charge is 0.336 e. The summed E-state index contributed by atoms with van der Waals surface area (Å²) in [6, 6.07) is 2.22. The van der Waals surface area contributed by atoms with Gasteiger partial charge in [0.15, 0.2) is 0 Å². The molecular formula is C18H21N7O. The van der Waals surface area contributed by atoms with Crippen molar-refractivity contribution in [1.29, 1.82) is 0 Å². The molecule has 0 atom stereocenters. The van der Waals surface area contributed by atoms with Crippen LogP contribution in [0.1, 0.15) is 43.3 Å². The Morgan fingerprint density at radius 3 is 2.54 bits per heavy atom. The van der Waals surface area contributed by atoms with E-state index >= 15 is 0 Å². The second kappa shape index (κ2) is 5.89. The zero-order chi connectivity index (χ0) is 17.7. The van der Waals surface area contributed by atoms with Gasteiger partial charge in [-0.15, -0.1) is 0 Å². The Hall–Kier alpha value is -2.77. The van der Waals surface area contributed by atoms with E-state index in [0.717, 1.165) is 42.5 Å². The van der Waals surface area contributed by atoms with E-state index in [4.69, 9.17) is 4.98 Å². The zero-order valence-electron chi connectivity index (χ0n) is 14.7. The highest BCUT2D eigenvalue weighted by molar-refractivity contribution is 5.79. The summed E-state index contributed by atoms with van der Waals surface area (Å²) in [5.41, 5.74) is 1.76. The minimum atomic E-state index is 0.0498. The number of aryl methyl sites for hydroxylation is 1. The molecule has 1 aliphatic heterocycles. The van der Waals surface area contributed by atoms with Crippen LogP contribution < -0.4 is 10.5 Å². The second-order valence-corrected chi connectivity index (χ2v) is 7.29. The Balaban J connectivity index is 1.52. The van der Waals surface area contributed by atoms with Gasteiger partial charge in [0, 0.05) is 36.8 Å². The summed E-state index contributed by atoms with van der Waals surface area (Å²) in [6.07, 6.45) is 9.69. The van der Waals surface area contributed by atoms with Gasteiger partial charge >= 0.3 is 0 Å². The van der Waals surface area contributed by atoms with E-state index in [9.17, 15) is 4.79 Å². The number of hydrogen-bond donors (Lipinski definition) is 0. The van der Waals surface area contributed by atoms with Gasteiger partial charge in [-0.05, 0) is 25.3 Å². The lowest BCUT2D eigenvalue weighted by molar-refractivity contribution is 0.329. The van der Waals surface area contributed by atoms with Crippen LogP contribution in [0.15, 0.2) is 29.5 Å². The van der Waals surface area contributed by atoms with Crippen LogP contribution in [0.5, 0.6) is 0 Å². The standard InChI is InChI=1S/C18H21N7O/c1-12-8-16(26)24(13-4-2-3-5-13)17-15(12)9-19-18(22-17)23-10-14(11-23)25-20-6-7-21-25/h6-9,13-14H,2-5,10-11H2,1H3. The molecule has 26 heavy (non-hydrogen) atoms. The molecule has 2 fully saturated rings. The third-order valence-electron chi connectivity index (χ3n) is 5.58. The molecule has 1 aliphatic carbocycles. The van der Waals surface area contributed by atoms with Crippen molar-refractivity contribution < 1.29 is 0 Å². The molecule has 2 aliphatic rings. The fraction of sp³-hybridized carbons (Fsp3) is 0.500. The molecule has 1 saturated heterocycles. The monoisotopic (exact) mass is 351 g/mol. The smallest absolute Gasteiger partial charge is 0.252 e. The van der Waals surface area contributed by atoms with Crippen molar-refractivity contribution in [2.24, 2.45) is 0 Å². The van der Waals surface area contributed by atoms with E-state index in [2.05, 4.69) is 20.1 Å². The van der Waals surface area contributed by atoms with Crippen LogP contribution in [0, 0.1) is 6.92 Å². The lowest BCUT2D eigenvalue weighted by atomic mass is 10.1. The van der Waals surface area contributed by atoms with Gasteiger partial charge in [0.1, 0.15) is 11.7 Å². The van der Waals surface area contributed by atoms with E-state index in [1.165, 1.54) is 12.8 Å². The van der Waals surface area contributed by atoms with E-state index in [1.807, 2.05) is 17.7 Å². The molecule has 4 heterocycles. The van der Waals surface area contributed by atoms with Gasteiger partial charge in [0.25, 0.3) is 5.56 Å². The fourth-order valence-electron chi connectivity index (χ4n) is 4.11. The Labute approximate surface area is 150 Å². The zero-order valence-corrected chi connectivity index (χ0v) is 14.7. The minimum absolute atomic E-state index is 0.0498. The van der Waals surface area contributed by atoms with Gasteiger partial charge in [-0.2, -0.15) is 20.0 Å². The summed E-state index contributed by atoms with van der Waals surface area (Å²) in [5.74, 6) is 0.678. The summed E-state index contributed by atoms with van der Waals surface area (Å²) >= 11 is 0. The molecule has 3 aromatic heterocycles. The number of rotatable bonds is 3. The van der Waals surface area contributed by atoms with Gasteiger partial charge in [0.2, 0.25) is 5.95 Å². The van der Waals surface area contributed by atoms with Crippen LogP contribution in [0.2, 0.25) is 0 Å². The molecule has 0 amide bonds. The topological polar surface area (TPSA) is 81.7 Å². The van der Waals surface area contributed by atoms with Gasteiger partial charge in [-0.1, -0.05) is 12.8 Å². The average Bonchev–Trinajstić information content (AvgIpc) is 3.27. The second-order valence-electron chi connectivity index (χ2n) is 7.29. The summed E-state index contributed by atoms with van der Waals surface area (Å²) in [6.45, 7) is 3.51. The number of fused-ring (bicyclic) bond motifs is 1.